The summed E-state index contributed by atoms with van der Waals surface area (Å²) >= 11 is 0. The molecule has 0 saturated carbocycles. The Labute approximate surface area is 294 Å². The molecule has 0 bridgehead atoms. The van der Waals surface area contributed by atoms with Gasteiger partial charge in [0.2, 0.25) is 5.82 Å². The van der Waals surface area contributed by atoms with Gasteiger partial charge in [-0.25, -0.2) is 65.9 Å². The van der Waals surface area contributed by atoms with E-state index in [-0.39, 0.29) is 6.42 Å². The van der Waals surface area contributed by atoms with Gasteiger partial charge in [0, 0.05) is 7.92 Å². The minimum atomic E-state index is -4.65. The van der Waals surface area contributed by atoms with Crippen molar-refractivity contribution in [2.24, 2.45) is 0 Å². The monoisotopic (exact) mass is 786 g/mol. The zero-order valence-electron chi connectivity index (χ0n) is 30.1. The van der Waals surface area contributed by atoms with Crippen molar-refractivity contribution in [2.45, 2.75) is 110 Å². The summed E-state index contributed by atoms with van der Waals surface area (Å²) in [5.41, 5.74) is -6.55. The highest BCUT2D eigenvalue weighted by molar-refractivity contribution is 7.62. The molecule has 3 aromatic carbocycles. The number of rotatable bonds is 7. The van der Waals surface area contributed by atoms with Gasteiger partial charge in [-0.05, 0) is 67.9 Å². The fourth-order valence-corrected chi connectivity index (χ4v) is 14.7. The van der Waals surface area contributed by atoms with Gasteiger partial charge in [0.1, 0.15) is 23.3 Å². The van der Waals surface area contributed by atoms with Crippen LogP contribution in [0.3, 0.4) is 0 Å². The normalized spacial score (nSPS) is 13.2. The van der Waals surface area contributed by atoms with Gasteiger partial charge in [0.15, 0.2) is 58.2 Å². The molecule has 0 fully saturated rings. The molecule has 0 spiro atoms. The zero-order valence-corrected chi connectivity index (χ0v) is 31.1. The van der Waals surface area contributed by atoms with Gasteiger partial charge in [0.25, 0.3) is 0 Å². The van der Waals surface area contributed by atoms with Crippen molar-refractivity contribution in [3.8, 4) is 0 Å². The van der Waals surface area contributed by atoms with Crippen LogP contribution in [0.25, 0.3) is 0 Å². The summed E-state index contributed by atoms with van der Waals surface area (Å²) in [5, 5.41) is 1.46. The average molecular weight is 786 g/mol. The van der Waals surface area contributed by atoms with Gasteiger partial charge >= 0.3 is 0 Å². The summed E-state index contributed by atoms with van der Waals surface area (Å²) < 4.78 is 215. The maximum Gasteiger partial charge on any atom is 0.200 e. The lowest BCUT2D eigenvalue weighted by molar-refractivity contribution is 0.367. The highest BCUT2D eigenvalue weighted by atomic mass is 31.1. The Morgan fingerprint density at radius 2 is 0.635 bits per heavy atom. The van der Waals surface area contributed by atoms with E-state index in [9.17, 15) is 65.9 Å². The minimum absolute atomic E-state index is 0.0632. The molecule has 0 aliphatic rings. The van der Waals surface area contributed by atoms with E-state index in [2.05, 4.69) is 62.3 Å². The second kappa shape index (κ2) is 16.2. The molecule has 0 amide bonds. The van der Waals surface area contributed by atoms with Gasteiger partial charge in [-0.1, -0.05) is 26.2 Å². The third-order valence-electron chi connectivity index (χ3n) is 8.66. The quantitative estimate of drug-likeness (QED) is 0.0736. The molecule has 17 heteroatoms. The lowest BCUT2D eigenvalue weighted by atomic mass is 9.31. The smallest absolute Gasteiger partial charge is 0.200 e. The summed E-state index contributed by atoms with van der Waals surface area (Å²) in [4.78, 5) is 0. The summed E-state index contributed by atoms with van der Waals surface area (Å²) in [6, 6.07) is 0. The maximum absolute atomic E-state index is 14.9. The molecule has 0 aliphatic heterocycles. The molecule has 0 radical (unpaired) electrons. The lowest BCUT2D eigenvalue weighted by Gasteiger charge is -2.42. The van der Waals surface area contributed by atoms with Crippen LogP contribution in [-0.2, 0) is 0 Å². The van der Waals surface area contributed by atoms with Crippen LogP contribution in [0.2, 0.25) is 0 Å². The highest BCUT2D eigenvalue weighted by Crippen LogP contribution is 2.67. The van der Waals surface area contributed by atoms with Crippen LogP contribution in [0.1, 0.15) is 99.9 Å². The first kappa shape index (κ1) is 45.3. The summed E-state index contributed by atoms with van der Waals surface area (Å²) in [7, 11) is -0.391. The van der Waals surface area contributed by atoms with Gasteiger partial charge in [-0.15, -0.1) is 16.7 Å². The highest BCUT2D eigenvalue weighted by Gasteiger charge is 2.49. The largest absolute Gasteiger partial charge is 0.207 e. The second-order valence-electron chi connectivity index (χ2n) is 15.6. The second-order valence-corrected chi connectivity index (χ2v) is 20.9. The van der Waals surface area contributed by atoms with Crippen LogP contribution in [0.15, 0.2) is 0 Å². The van der Waals surface area contributed by atoms with Crippen molar-refractivity contribution in [2.75, 3.05) is 0 Å². The number of hydrogen-bond donors (Lipinski definition) is 0. The van der Waals surface area contributed by atoms with Crippen LogP contribution in [0.4, 0.5) is 65.9 Å². The van der Waals surface area contributed by atoms with E-state index < -0.39 is 137 Å². The van der Waals surface area contributed by atoms with E-state index in [0.717, 1.165) is 0 Å². The molecule has 0 saturated heterocycles. The molecule has 0 nitrogen and oxygen atoms in total. The topological polar surface area (TPSA) is 0 Å². The SMILES string of the molecule is CC(C)(C)[PH+](C(C)(C)C)C(C)(C)C.CCCC[C@@H]([BH-](c1c(F)c(F)c(F)c(F)c1F)c1c(F)c(F)c(F)c(F)c1F)c1c(F)c(F)c(F)c(F)c1F. The molecule has 3 rings (SSSR count). The molecule has 292 valence electrons. The van der Waals surface area contributed by atoms with Crippen LogP contribution in [0, 0.1) is 87.3 Å². The zero-order chi connectivity index (χ0) is 40.7. The standard InChI is InChI=1S/C23H11BF15.C12H27P/c1-2-3-4-5(6-9(25)15(31)21(37)16(32)10(6)26)24(7-11(27)17(33)22(38)18(34)12(7)28)8-13(29)19(35)23(39)20(36)14(8)30;1-10(2,3)13(11(4,5)6)12(7,8)9/h5,24H,2-4H2,1H3;1-9H3/q-1;/p+1/t5-;/m1./s1. The van der Waals surface area contributed by atoms with E-state index in [1.165, 1.54) is 6.92 Å². The van der Waals surface area contributed by atoms with Crippen LogP contribution >= 0.6 is 7.92 Å². The predicted molar refractivity (Wildman–Crippen MR) is 175 cm³/mol. The van der Waals surface area contributed by atoms with Crippen molar-refractivity contribution >= 4 is 25.6 Å². The van der Waals surface area contributed by atoms with Crippen molar-refractivity contribution < 1.29 is 65.9 Å². The van der Waals surface area contributed by atoms with E-state index in [4.69, 9.17) is 0 Å². The Kier molecular flexibility index (Phi) is 14.1. The molecule has 0 unspecified atom stereocenters. The number of benzene rings is 3. The first-order valence-corrected chi connectivity index (χ1v) is 17.6. The summed E-state index contributed by atoms with van der Waals surface area (Å²) in [6.07, 6.45) is -1.52. The molecule has 3 aromatic rings. The van der Waals surface area contributed by atoms with E-state index in [1.807, 2.05) is 0 Å². The van der Waals surface area contributed by atoms with Crippen LogP contribution in [-0.4, -0.2) is 22.2 Å². The summed E-state index contributed by atoms with van der Waals surface area (Å²) in [6.45, 7) is 18.3. The van der Waals surface area contributed by atoms with E-state index in [0.29, 0.717) is 15.5 Å². The Hall–Kier alpha value is -2.90. The number of hydrogen-bond acceptors (Lipinski definition) is 0. The maximum atomic E-state index is 14.9. The van der Waals surface area contributed by atoms with Gasteiger partial charge in [0.05, 0.1) is 22.2 Å². The Morgan fingerprint density at radius 3 is 0.846 bits per heavy atom. The summed E-state index contributed by atoms with van der Waals surface area (Å²) in [5.74, 6) is -44.6. The molecule has 1 atom stereocenters. The first-order chi connectivity index (χ1) is 23.5. The molecule has 0 aromatic heterocycles. The Bertz CT molecular complexity index is 1620. The first-order valence-electron chi connectivity index (χ1n) is 16.1. The number of unbranched alkanes of at least 4 members (excludes halogenated alkanes) is 1. The van der Waals surface area contributed by atoms with Crippen LogP contribution in [0.5, 0.6) is 0 Å². The minimum Gasteiger partial charge on any atom is -0.207 e. The van der Waals surface area contributed by atoms with Gasteiger partial charge in [-0.3, -0.25) is 0 Å². The van der Waals surface area contributed by atoms with Crippen molar-refractivity contribution in [1.29, 1.82) is 0 Å². The molecule has 52 heavy (non-hydrogen) atoms. The van der Waals surface area contributed by atoms with Crippen molar-refractivity contribution in [3.05, 3.63) is 92.8 Å². The molecule has 0 aliphatic carbocycles. The molecular weight excluding hydrogens is 747 g/mol. The van der Waals surface area contributed by atoms with Gasteiger partial charge in [-0.2, -0.15) is 0 Å². The molecular formula is C35H39BF15P. The lowest BCUT2D eigenvalue weighted by Crippen LogP contribution is -2.55. The van der Waals surface area contributed by atoms with Crippen molar-refractivity contribution in [1.82, 2.24) is 0 Å². The third-order valence-corrected chi connectivity index (χ3v) is 13.2. The van der Waals surface area contributed by atoms with Gasteiger partial charge < -0.3 is 0 Å². The fourth-order valence-electron chi connectivity index (χ4n) is 8.00. The Morgan fingerprint density at radius 1 is 0.404 bits per heavy atom. The van der Waals surface area contributed by atoms with Crippen molar-refractivity contribution in [3.63, 3.8) is 0 Å². The predicted octanol–water partition coefficient (Wildman–Crippen LogP) is 11.2. The van der Waals surface area contributed by atoms with E-state index >= 15 is 0 Å². The van der Waals surface area contributed by atoms with Crippen LogP contribution < -0.4 is 10.9 Å². The molecule has 0 heterocycles. The van der Waals surface area contributed by atoms with E-state index in [1.54, 1.807) is 0 Å². The molecule has 0 N–H and O–H groups in total. The fraction of sp³-hybridized carbons (Fsp3) is 0.486. The Balaban J connectivity index is 0.000000612. The third kappa shape index (κ3) is 8.73. The number of halogens is 15. The average Bonchev–Trinajstić information content (AvgIpc) is 3.01.